The third kappa shape index (κ3) is 5.25. The van der Waals surface area contributed by atoms with Crippen LogP contribution in [0.1, 0.15) is 38.3 Å². The van der Waals surface area contributed by atoms with Crippen molar-refractivity contribution in [3.63, 3.8) is 0 Å². The summed E-state index contributed by atoms with van der Waals surface area (Å²) in [6.07, 6.45) is 3.62. The number of rotatable bonds is 9. The molecule has 1 saturated carbocycles. The highest BCUT2D eigenvalue weighted by Crippen LogP contribution is 2.48. The van der Waals surface area contributed by atoms with E-state index in [4.69, 9.17) is 10.5 Å². The average Bonchev–Trinajstić information content (AvgIpc) is 3.68. The quantitative estimate of drug-likeness (QED) is 0.489. The van der Waals surface area contributed by atoms with Crippen molar-refractivity contribution < 1.29 is 9.53 Å². The van der Waals surface area contributed by atoms with Gasteiger partial charge in [0.05, 0.1) is 7.11 Å². The Balaban J connectivity index is 1.55. The van der Waals surface area contributed by atoms with Gasteiger partial charge in [0.2, 0.25) is 5.91 Å². The highest BCUT2D eigenvalue weighted by Gasteiger charge is 2.47. The van der Waals surface area contributed by atoms with Crippen LogP contribution in [-0.4, -0.2) is 30.6 Å². The molecular formula is C28H33N3O2. The molecule has 2 N–H and O–H groups in total. The Labute approximate surface area is 196 Å². The van der Waals surface area contributed by atoms with Crippen LogP contribution in [0.15, 0.2) is 72.9 Å². The summed E-state index contributed by atoms with van der Waals surface area (Å²) in [7, 11) is 1.66. The van der Waals surface area contributed by atoms with E-state index < -0.39 is 0 Å². The number of anilines is 1. The van der Waals surface area contributed by atoms with Crippen molar-refractivity contribution >= 4 is 11.6 Å². The van der Waals surface area contributed by atoms with E-state index in [1.165, 1.54) is 0 Å². The third-order valence-electron chi connectivity index (χ3n) is 6.81. The van der Waals surface area contributed by atoms with Gasteiger partial charge in [0.15, 0.2) is 0 Å². The predicted octanol–water partition coefficient (Wildman–Crippen LogP) is 5.27. The molecule has 0 radical (unpaired) electrons. The minimum absolute atomic E-state index is 0.0368. The van der Waals surface area contributed by atoms with Crippen LogP contribution in [0.3, 0.4) is 0 Å². The first kappa shape index (κ1) is 23.0. The van der Waals surface area contributed by atoms with Gasteiger partial charge >= 0.3 is 0 Å². The van der Waals surface area contributed by atoms with Crippen LogP contribution in [0.5, 0.6) is 5.75 Å². The van der Waals surface area contributed by atoms with Gasteiger partial charge in [0, 0.05) is 42.0 Å². The molecular weight excluding hydrogens is 410 g/mol. The lowest BCUT2D eigenvalue weighted by Gasteiger charge is -2.29. The summed E-state index contributed by atoms with van der Waals surface area (Å²) in [4.78, 5) is 19.9. The lowest BCUT2D eigenvalue weighted by atomic mass is 9.99. The summed E-state index contributed by atoms with van der Waals surface area (Å²) >= 11 is 0. The Bertz CT molecular complexity index is 1050. The third-order valence-corrected chi connectivity index (χ3v) is 6.81. The number of carbonyl (C=O) groups is 1. The van der Waals surface area contributed by atoms with E-state index in [1.807, 2.05) is 59.5 Å². The molecule has 4 rings (SSSR count). The second kappa shape index (κ2) is 10.2. The Morgan fingerprint density at radius 2 is 1.76 bits per heavy atom. The van der Waals surface area contributed by atoms with E-state index in [0.29, 0.717) is 12.5 Å². The maximum Gasteiger partial charge on any atom is 0.230 e. The van der Waals surface area contributed by atoms with Crippen molar-refractivity contribution in [1.82, 2.24) is 4.98 Å². The fourth-order valence-corrected chi connectivity index (χ4v) is 4.22. The van der Waals surface area contributed by atoms with E-state index in [0.717, 1.165) is 41.1 Å². The number of amides is 1. The molecule has 0 spiro atoms. The fraction of sp³-hybridized carbons (Fsp3) is 0.357. The van der Waals surface area contributed by atoms with Crippen molar-refractivity contribution in [1.29, 1.82) is 0 Å². The largest absolute Gasteiger partial charge is 0.497 e. The van der Waals surface area contributed by atoms with Crippen molar-refractivity contribution in [3.05, 3.63) is 78.6 Å². The first-order valence-corrected chi connectivity index (χ1v) is 11.7. The number of methoxy groups -OCH3 is 1. The van der Waals surface area contributed by atoms with E-state index in [-0.39, 0.29) is 23.8 Å². The Morgan fingerprint density at radius 3 is 2.33 bits per heavy atom. The molecule has 1 aromatic heterocycles. The number of benzene rings is 2. The molecule has 5 heteroatoms. The maximum atomic E-state index is 13.6. The van der Waals surface area contributed by atoms with Gasteiger partial charge in [-0.25, -0.2) is 0 Å². The molecule has 4 atom stereocenters. The Kier molecular flexibility index (Phi) is 7.09. The molecule has 0 saturated heterocycles. The van der Waals surface area contributed by atoms with E-state index >= 15 is 0 Å². The standard InChI is InChI=1S/C28H33N3O2/c1-4-19(2)26(29)18-31(28(32)25-17-24(25)27-7-5-6-16-30-27)22-12-8-20(9-13-22)21-10-14-23(33-3)15-11-21/h5-16,19,24-26H,4,17-18,29H2,1-3H3/t19-,24+,25+,26+/m0/s1. The molecule has 5 nitrogen and oxygen atoms in total. The molecule has 172 valence electrons. The molecule has 0 unspecified atom stereocenters. The Hall–Kier alpha value is -3.18. The molecule has 1 aliphatic rings. The molecule has 1 amide bonds. The molecule has 1 aliphatic carbocycles. The Morgan fingerprint density at radius 1 is 1.09 bits per heavy atom. The zero-order valence-corrected chi connectivity index (χ0v) is 19.6. The SMILES string of the molecule is CC[C@H](C)[C@H](N)CN(C(=O)[C@@H]1C[C@H]1c1ccccn1)c1ccc(-c2ccc(OC)cc2)cc1. The summed E-state index contributed by atoms with van der Waals surface area (Å²) in [5.74, 6) is 1.47. The normalized spacial score (nSPS) is 18.9. The molecule has 2 aromatic carbocycles. The van der Waals surface area contributed by atoms with Crippen LogP contribution in [-0.2, 0) is 4.79 Å². The van der Waals surface area contributed by atoms with E-state index in [2.05, 4.69) is 31.0 Å². The van der Waals surface area contributed by atoms with Crippen LogP contribution in [0.2, 0.25) is 0 Å². The van der Waals surface area contributed by atoms with Crippen LogP contribution >= 0.6 is 0 Å². The van der Waals surface area contributed by atoms with Gasteiger partial charge in [0.25, 0.3) is 0 Å². The van der Waals surface area contributed by atoms with Gasteiger partial charge in [-0.2, -0.15) is 0 Å². The maximum absolute atomic E-state index is 13.6. The molecule has 3 aromatic rings. The van der Waals surface area contributed by atoms with Crippen LogP contribution in [0.4, 0.5) is 5.69 Å². The number of ether oxygens (including phenoxy) is 1. The highest BCUT2D eigenvalue weighted by molar-refractivity contribution is 5.97. The summed E-state index contributed by atoms with van der Waals surface area (Å²) in [5, 5.41) is 0. The second-order valence-corrected chi connectivity index (χ2v) is 8.98. The van der Waals surface area contributed by atoms with Crippen molar-refractivity contribution in [2.24, 2.45) is 17.6 Å². The van der Waals surface area contributed by atoms with Gasteiger partial charge in [0.1, 0.15) is 5.75 Å². The predicted molar refractivity (Wildman–Crippen MR) is 133 cm³/mol. The van der Waals surface area contributed by atoms with E-state index in [1.54, 1.807) is 13.3 Å². The van der Waals surface area contributed by atoms with Gasteiger partial charge < -0.3 is 15.4 Å². The molecule has 0 bridgehead atoms. The first-order valence-electron chi connectivity index (χ1n) is 11.7. The number of nitrogens with two attached hydrogens (primary N) is 1. The second-order valence-electron chi connectivity index (χ2n) is 8.98. The number of aromatic nitrogens is 1. The zero-order valence-electron chi connectivity index (χ0n) is 19.6. The molecule has 1 fully saturated rings. The smallest absolute Gasteiger partial charge is 0.230 e. The number of nitrogens with zero attached hydrogens (tertiary/aromatic N) is 2. The van der Waals surface area contributed by atoms with Gasteiger partial charge in [-0.3, -0.25) is 9.78 Å². The topological polar surface area (TPSA) is 68.5 Å². The lowest BCUT2D eigenvalue weighted by molar-refractivity contribution is -0.120. The van der Waals surface area contributed by atoms with Crippen molar-refractivity contribution in [2.45, 2.75) is 38.6 Å². The molecule has 1 heterocycles. The van der Waals surface area contributed by atoms with E-state index in [9.17, 15) is 4.79 Å². The summed E-state index contributed by atoms with van der Waals surface area (Å²) in [6, 6.07) is 22.0. The van der Waals surface area contributed by atoms with Crippen LogP contribution < -0.4 is 15.4 Å². The van der Waals surface area contributed by atoms with Gasteiger partial charge in [-0.1, -0.05) is 50.6 Å². The number of pyridine rings is 1. The summed E-state index contributed by atoms with van der Waals surface area (Å²) in [5.41, 5.74) is 10.6. The summed E-state index contributed by atoms with van der Waals surface area (Å²) in [6.45, 7) is 4.80. The van der Waals surface area contributed by atoms with Crippen LogP contribution in [0, 0.1) is 11.8 Å². The minimum Gasteiger partial charge on any atom is -0.497 e. The van der Waals surface area contributed by atoms with Crippen molar-refractivity contribution in [3.8, 4) is 16.9 Å². The number of hydrogen-bond donors (Lipinski definition) is 1. The van der Waals surface area contributed by atoms with Crippen LogP contribution in [0.25, 0.3) is 11.1 Å². The fourth-order valence-electron chi connectivity index (χ4n) is 4.22. The lowest BCUT2D eigenvalue weighted by Crippen LogP contribution is -2.45. The summed E-state index contributed by atoms with van der Waals surface area (Å²) < 4.78 is 5.26. The number of hydrogen-bond acceptors (Lipinski definition) is 4. The zero-order chi connectivity index (χ0) is 23.4. The van der Waals surface area contributed by atoms with Gasteiger partial charge in [-0.05, 0) is 59.9 Å². The monoisotopic (exact) mass is 443 g/mol. The molecule has 0 aliphatic heterocycles. The first-order chi connectivity index (χ1) is 16.0. The minimum atomic E-state index is -0.0766. The van der Waals surface area contributed by atoms with Crippen molar-refractivity contribution in [2.75, 3.05) is 18.6 Å². The average molecular weight is 444 g/mol. The molecule has 33 heavy (non-hydrogen) atoms. The number of carbonyl (C=O) groups excluding carboxylic acids is 1. The highest BCUT2D eigenvalue weighted by atomic mass is 16.5. The van der Waals surface area contributed by atoms with Gasteiger partial charge in [-0.15, -0.1) is 0 Å².